The first-order valence-electron chi connectivity index (χ1n) is 8.99. The summed E-state index contributed by atoms with van der Waals surface area (Å²) in [5.41, 5.74) is 1.03. The largest absolute Gasteiger partial charge is 0.368 e. The highest BCUT2D eigenvalue weighted by Crippen LogP contribution is 2.25. The predicted molar refractivity (Wildman–Crippen MR) is 102 cm³/mol. The summed E-state index contributed by atoms with van der Waals surface area (Å²) in [7, 11) is 0. The van der Waals surface area contributed by atoms with Crippen LogP contribution in [0.1, 0.15) is 26.5 Å². The van der Waals surface area contributed by atoms with E-state index in [1.165, 1.54) is 6.33 Å². The van der Waals surface area contributed by atoms with Crippen LogP contribution in [0, 0.1) is 5.92 Å². The van der Waals surface area contributed by atoms with Crippen molar-refractivity contribution in [3.63, 3.8) is 0 Å². The van der Waals surface area contributed by atoms with Gasteiger partial charge in [0.2, 0.25) is 0 Å². The van der Waals surface area contributed by atoms with Crippen molar-refractivity contribution >= 4 is 11.6 Å². The van der Waals surface area contributed by atoms with E-state index in [1.54, 1.807) is 23.4 Å². The quantitative estimate of drug-likeness (QED) is 0.729. The van der Waals surface area contributed by atoms with Crippen molar-refractivity contribution in [2.45, 2.75) is 26.2 Å². The molecule has 3 aromatic rings. The summed E-state index contributed by atoms with van der Waals surface area (Å²) in [5.74, 6) is 2.84. The van der Waals surface area contributed by atoms with Crippen LogP contribution < -0.4 is 10.2 Å². The lowest BCUT2D eigenvalue weighted by Crippen LogP contribution is -2.50. The zero-order chi connectivity index (χ0) is 18.9. The molecule has 0 spiro atoms. The van der Waals surface area contributed by atoms with Gasteiger partial charge in [-0.2, -0.15) is 10.2 Å². The second-order valence-corrected chi connectivity index (χ2v) is 7.78. The first-order chi connectivity index (χ1) is 13.0. The van der Waals surface area contributed by atoms with Gasteiger partial charge in [-0.3, -0.25) is 4.98 Å². The van der Waals surface area contributed by atoms with E-state index < -0.39 is 0 Å². The fourth-order valence-electron chi connectivity index (χ4n) is 2.91. The van der Waals surface area contributed by atoms with Gasteiger partial charge < -0.3 is 10.2 Å². The Hall–Kier alpha value is -3.10. The second-order valence-electron chi connectivity index (χ2n) is 7.78. The molecule has 1 aliphatic heterocycles. The average Bonchev–Trinajstić information content (AvgIpc) is 3.15. The Morgan fingerprint density at radius 3 is 2.59 bits per heavy atom. The van der Waals surface area contributed by atoms with Gasteiger partial charge in [0, 0.05) is 31.0 Å². The maximum Gasteiger partial charge on any atom is 0.175 e. The molecule has 1 aliphatic rings. The van der Waals surface area contributed by atoms with Gasteiger partial charge in [-0.05, 0) is 12.1 Å². The van der Waals surface area contributed by atoms with Crippen molar-refractivity contribution in [1.29, 1.82) is 0 Å². The van der Waals surface area contributed by atoms with Gasteiger partial charge in [-0.15, -0.1) is 5.10 Å². The van der Waals surface area contributed by atoms with Gasteiger partial charge in [0.1, 0.15) is 18.5 Å². The number of aromatic nitrogens is 7. The van der Waals surface area contributed by atoms with Crippen LogP contribution in [0.3, 0.4) is 0 Å². The Labute approximate surface area is 157 Å². The molecule has 1 saturated heterocycles. The lowest BCUT2D eigenvalue weighted by molar-refractivity contribution is 0.424. The third kappa shape index (κ3) is 3.86. The lowest BCUT2D eigenvalue weighted by Gasteiger charge is -2.40. The Bertz CT molecular complexity index is 878. The van der Waals surface area contributed by atoms with Gasteiger partial charge in [-0.1, -0.05) is 20.8 Å². The molecule has 0 saturated carbocycles. The van der Waals surface area contributed by atoms with Crippen LogP contribution in [0.2, 0.25) is 0 Å². The third-order valence-electron chi connectivity index (χ3n) is 4.55. The van der Waals surface area contributed by atoms with E-state index in [0.717, 1.165) is 37.0 Å². The smallest absolute Gasteiger partial charge is 0.175 e. The van der Waals surface area contributed by atoms with Crippen molar-refractivity contribution in [3.05, 3.63) is 42.9 Å². The fraction of sp³-hybridized carbons (Fsp3) is 0.444. The number of nitrogens with one attached hydrogen (secondary N) is 1. The number of rotatable bonds is 5. The molecule has 0 radical (unpaired) electrons. The molecule has 0 aromatic carbocycles. The second kappa shape index (κ2) is 6.90. The number of hydrogen-bond donors (Lipinski definition) is 1. The zero-order valence-electron chi connectivity index (χ0n) is 15.7. The van der Waals surface area contributed by atoms with Crippen molar-refractivity contribution in [1.82, 2.24) is 34.9 Å². The van der Waals surface area contributed by atoms with Crippen LogP contribution in [0.25, 0.3) is 5.82 Å². The Morgan fingerprint density at radius 2 is 1.93 bits per heavy atom. The van der Waals surface area contributed by atoms with Gasteiger partial charge in [0.25, 0.3) is 0 Å². The van der Waals surface area contributed by atoms with Crippen molar-refractivity contribution in [2.24, 2.45) is 5.92 Å². The Morgan fingerprint density at radius 1 is 1.07 bits per heavy atom. The molecule has 9 heteroatoms. The van der Waals surface area contributed by atoms with E-state index in [0.29, 0.717) is 11.7 Å². The normalized spacial score (nSPS) is 14.9. The summed E-state index contributed by atoms with van der Waals surface area (Å²) in [5, 5.41) is 16.2. The molecular weight excluding hydrogens is 342 g/mol. The highest BCUT2D eigenvalue weighted by atomic mass is 15.3. The van der Waals surface area contributed by atoms with Gasteiger partial charge in [0.05, 0.1) is 18.1 Å². The maximum absolute atomic E-state index is 4.51. The van der Waals surface area contributed by atoms with Gasteiger partial charge in [-0.25, -0.2) is 14.6 Å². The molecule has 9 nitrogen and oxygen atoms in total. The number of nitrogens with zero attached hydrogens (tertiary/aromatic N) is 8. The van der Waals surface area contributed by atoms with E-state index >= 15 is 0 Å². The summed E-state index contributed by atoms with van der Waals surface area (Å²) >= 11 is 0. The van der Waals surface area contributed by atoms with Crippen LogP contribution in [-0.4, -0.2) is 54.6 Å². The van der Waals surface area contributed by atoms with Crippen molar-refractivity contribution in [3.8, 4) is 5.82 Å². The summed E-state index contributed by atoms with van der Waals surface area (Å²) < 4.78 is 1.59. The highest BCUT2D eigenvalue weighted by molar-refractivity contribution is 5.42. The van der Waals surface area contributed by atoms with E-state index in [-0.39, 0.29) is 5.41 Å². The van der Waals surface area contributed by atoms with E-state index in [4.69, 9.17) is 0 Å². The number of hydrogen-bond acceptors (Lipinski definition) is 8. The predicted octanol–water partition coefficient (Wildman–Crippen LogP) is 1.69. The van der Waals surface area contributed by atoms with Gasteiger partial charge >= 0.3 is 0 Å². The first-order valence-corrected chi connectivity index (χ1v) is 8.99. The molecule has 0 aliphatic carbocycles. The molecular formula is C18H23N9. The summed E-state index contributed by atoms with van der Waals surface area (Å²) in [6.07, 6.45) is 6.45. The minimum atomic E-state index is 0.0226. The fourth-order valence-corrected chi connectivity index (χ4v) is 2.91. The van der Waals surface area contributed by atoms with Gasteiger partial charge in [0.15, 0.2) is 11.6 Å². The van der Waals surface area contributed by atoms with E-state index in [1.807, 2.05) is 0 Å². The molecule has 4 heterocycles. The zero-order valence-corrected chi connectivity index (χ0v) is 15.7. The molecule has 4 rings (SSSR count). The summed E-state index contributed by atoms with van der Waals surface area (Å²) in [6.45, 7) is 9.16. The lowest BCUT2D eigenvalue weighted by atomic mass is 9.92. The topological polar surface area (TPSA) is 97.5 Å². The SMILES string of the molecule is CC(C)(C)c1ccc(N2CC(CNc3cncc(-n4cncn4)n3)C2)nn1. The van der Waals surface area contributed by atoms with Crippen LogP contribution in [0.5, 0.6) is 0 Å². The van der Waals surface area contributed by atoms with E-state index in [9.17, 15) is 0 Å². The molecule has 27 heavy (non-hydrogen) atoms. The molecule has 0 atom stereocenters. The van der Waals surface area contributed by atoms with Crippen LogP contribution in [0.15, 0.2) is 37.2 Å². The summed E-state index contributed by atoms with van der Waals surface area (Å²) in [4.78, 5) is 14.9. The molecule has 0 unspecified atom stereocenters. The molecule has 3 aromatic heterocycles. The maximum atomic E-state index is 4.51. The standard InChI is InChI=1S/C18H23N9/c1-18(2,3)14-4-5-16(25-24-14)26-9-13(10-26)6-21-15-7-19-8-17(23-15)27-12-20-11-22-27/h4-5,7-8,11-13H,6,9-10H2,1-3H3,(H,21,23). The Kier molecular flexibility index (Phi) is 4.43. The van der Waals surface area contributed by atoms with E-state index in [2.05, 4.69) is 73.4 Å². The molecule has 0 bridgehead atoms. The van der Waals surface area contributed by atoms with Crippen molar-refractivity contribution < 1.29 is 0 Å². The van der Waals surface area contributed by atoms with Crippen LogP contribution in [-0.2, 0) is 5.41 Å². The number of anilines is 2. The molecule has 0 amide bonds. The minimum absolute atomic E-state index is 0.0226. The van der Waals surface area contributed by atoms with Crippen LogP contribution in [0.4, 0.5) is 11.6 Å². The molecule has 140 valence electrons. The first kappa shape index (κ1) is 17.3. The summed E-state index contributed by atoms with van der Waals surface area (Å²) in [6, 6.07) is 4.13. The Balaban J connectivity index is 1.29. The minimum Gasteiger partial charge on any atom is -0.368 e. The van der Waals surface area contributed by atoms with Crippen LogP contribution >= 0.6 is 0 Å². The molecule has 1 fully saturated rings. The monoisotopic (exact) mass is 365 g/mol. The average molecular weight is 365 g/mol. The highest BCUT2D eigenvalue weighted by Gasteiger charge is 2.28. The third-order valence-corrected chi connectivity index (χ3v) is 4.55. The molecule has 1 N–H and O–H groups in total. The van der Waals surface area contributed by atoms with Crippen molar-refractivity contribution in [2.75, 3.05) is 29.9 Å².